The Morgan fingerprint density at radius 3 is 2.72 bits per heavy atom. The van der Waals surface area contributed by atoms with Gasteiger partial charge in [0.15, 0.2) is 0 Å². The Kier molecular flexibility index (Phi) is 2.60. The van der Waals surface area contributed by atoms with Crippen molar-refractivity contribution in [3.8, 4) is 0 Å². The molecule has 1 aromatic rings. The number of benzene rings is 1. The second kappa shape index (κ2) is 3.93. The first kappa shape index (κ1) is 11.9. The maximum Gasteiger partial charge on any atom is 0.246 e. The van der Waals surface area contributed by atoms with Crippen LogP contribution in [0.5, 0.6) is 0 Å². The number of nitrogens with zero attached hydrogens (tertiary/aromatic N) is 1. The van der Waals surface area contributed by atoms with E-state index in [1.165, 1.54) is 16.4 Å². The number of halogens is 1. The van der Waals surface area contributed by atoms with Gasteiger partial charge in [0.25, 0.3) is 0 Å². The van der Waals surface area contributed by atoms with Crippen molar-refractivity contribution in [2.24, 2.45) is 5.92 Å². The Morgan fingerprint density at radius 2 is 2.11 bits per heavy atom. The summed E-state index contributed by atoms with van der Waals surface area (Å²) < 4.78 is 40.0. The van der Waals surface area contributed by atoms with Crippen LogP contribution in [0, 0.1) is 11.7 Å². The van der Waals surface area contributed by atoms with Crippen LogP contribution in [-0.2, 0) is 10.0 Å². The lowest BCUT2D eigenvalue weighted by atomic mass is 10.1. The molecule has 0 aromatic heterocycles. The van der Waals surface area contributed by atoms with Gasteiger partial charge in [-0.15, -0.1) is 0 Å². The minimum absolute atomic E-state index is 0.0424. The van der Waals surface area contributed by atoms with Crippen molar-refractivity contribution in [1.29, 1.82) is 0 Å². The third-order valence-corrected chi connectivity index (χ3v) is 5.83. The van der Waals surface area contributed by atoms with Crippen LogP contribution in [0.2, 0.25) is 0 Å². The quantitative estimate of drug-likeness (QED) is 0.830. The largest absolute Gasteiger partial charge is 0.399 e. The molecule has 6 heteroatoms. The molecule has 98 valence electrons. The van der Waals surface area contributed by atoms with E-state index in [9.17, 15) is 12.8 Å². The van der Waals surface area contributed by atoms with Crippen LogP contribution in [0.15, 0.2) is 23.1 Å². The summed E-state index contributed by atoms with van der Waals surface area (Å²) >= 11 is 0. The molecule has 2 atom stereocenters. The second-order valence-electron chi connectivity index (χ2n) is 5.10. The Bertz CT molecular complexity index is 588. The molecular weight excluding hydrogens is 255 g/mol. The van der Waals surface area contributed by atoms with Gasteiger partial charge < -0.3 is 5.73 Å². The van der Waals surface area contributed by atoms with Gasteiger partial charge in [0, 0.05) is 18.3 Å². The van der Waals surface area contributed by atoms with Gasteiger partial charge in [0.05, 0.1) is 0 Å². The number of hydrogen-bond acceptors (Lipinski definition) is 3. The standard InChI is InChI=1S/C12H15FN2O2S/c13-11-4-2-9(14)6-12(11)18(16,17)15-7-8-1-3-10(15)5-8/h2,4,6,8,10H,1,3,5,7,14H2. The van der Waals surface area contributed by atoms with Gasteiger partial charge in [0.1, 0.15) is 10.7 Å². The lowest BCUT2D eigenvalue weighted by molar-refractivity contribution is 0.332. The van der Waals surface area contributed by atoms with E-state index in [0.717, 1.165) is 25.3 Å². The Hall–Kier alpha value is -1.14. The monoisotopic (exact) mass is 270 g/mol. The summed E-state index contributed by atoms with van der Waals surface area (Å²) in [5, 5.41) is 0. The summed E-state index contributed by atoms with van der Waals surface area (Å²) in [6, 6.07) is 3.72. The molecule has 1 aliphatic carbocycles. The van der Waals surface area contributed by atoms with Gasteiger partial charge in [-0.2, -0.15) is 4.31 Å². The van der Waals surface area contributed by atoms with E-state index in [1.807, 2.05) is 0 Å². The smallest absolute Gasteiger partial charge is 0.246 e. The molecule has 3 rings (SSSR count). The van der Waals surface area contributed by atoms with E-state index in [0.29, 0.717) is 12.5 Å². The molecule has 0 radical (unpaired) electrons. The van der Waals surface area contributed by atoms with Crippen LogP contribution >= 0.6 is 0 Å². The van der Waals surface area contributed by atoms with Crippen LogP contribution in [0.25, 0.3) is 0 Å². The predicted molar refractivity (Wildman–Crippen MR) is 65.8 cm³/mol. The summed E-state index contributed by atoms with van der Waals surface area (Å²) in [5.41, 5.74) is 5.81. The molecule has 0 spiro atoms. The second-order valence-corrected chi connectivity index (χ2v) is 6.96. The molecular formula is C12H15FN2O2S. The summed E-state index contributed by atoms with van der Waals surface area (Å²) in [5.74, 6) is -0.291. The van der Waals surface area contributed by atoms with Crippen LogP contribution in [0.4, 0.5) is 10.1 Å². The highest BCUT2D eigenvalue weighted by atomic mass is 32.2. The van der Waals surface area contributed by atoms with Crippen molar-refractivity contribution in [3.63, 3.8) is 0 Å². The number of hydrogen-bond donors (Lipinski definition) is 1. The van der Waals surface area contributed by atoms with Crippen molar-refractivity contribution in [2.45, 2.75) is 30.2 Å². The zero-order chi connectivity index (χ0) is 12.9. The van der Waals surface area contributed by atoms with Gasteiger partial charge >= 0.3 is 0 Å². The average molecular weight is 270 g/mol. The molecule has 0 amide bonds. The molecule has 2 aliphatic rings. The number of nitrogens with two attached hydrogens (primary N) is 1. The Balaban J connectivity index is 2.02. The fourth-order valence-electron chi connectivity index (χ4n) is 3.02. The van der Waals surface area contributed by atoms with Crippen LogP contribution in [0.3, 0.4) is 0 Å². The first-order valence-corrected chi connectivity index (χ1v) is 7.49. The molecule has 1 saturated carbocycles. The number of sulfonamides is 1. The Labute approximate surface area is 106 Å². The highest BCUT2D eigenvalue weighted by Gasteiger charge is 2.44. The van der Waals surface area contributed by atoms with E-state index in [1.54, 1.807) is 0 Å². The van der Waals surface area contributed by atoms with Crippen LogP contribution in [0.1, 0.15) is 19.3 Å². The molecule has 2 bridgehead atoms. The SMILES string of the molecule is Nc1ccc(F)c(S(=O)(=O)N2CC3CCC2C3)c1. The van der Waals surface area contributed by atoms with Gasteiger partial charge in [0.2, 0.25) is 10.0 Å². The molecule has 2 unspecified atom stereocenters. The summed E-state index contributed by atoms with van der Waals surface area (Å²) in [6.07, 6.45) is 2.87. The van der Waals surface area contributed by atoms with Crippen molar-refractivity contribution in [2.75, 3.05) is 12.3 Å². The lowest BCUT2D eigenvalue weighted by Gasteiger charge is -2.26. The van der Waals surface area contributed by atoms with Gasteiger partial charge in [-0.05, 0) is 43.4 Å². The molecule has 2 N–H and O–H groups in total. The van der Waals surface area contributed by atoms with Crippen LogP contribution in [-0.4, -0.2) is 25.3 Å². The molecule has 1 aliphatic heterocycles. The third kappa shape index (κ3) is 1.71. The fraction of sp³-hybridized carbons (Fsp3) is 0.500. The first-order chi connectivity index (χ1) is 8.48. The van der Waals surface area contributed by atoms with Gasteiger partial charge in [-0.25, -0.2) is 12.8 Å². The molecule has 1 saturated heterocycles. The molecule has 1 heterocycles. The van der Waals surface area contributed by atoms with E-state index in [2.05, 4.69) is 0 Å². The van der Waals surface area contributed by atoms with E-state index in [4.69, 9.17) is 5.73 Å². The van der Waals surface area contributed by atoms with Crippen molar-refractivity contribution in [3.05, 3.63) is 24.0 Å². The maximum absolute atomic E-state index is 13.7. The van der Waals surface area contributed by atoms with Crippen molar-refractivity contribution >= 4 is 15.7 Å². The highest BCUT2D eigenvalue weighted by Crippen LogP contribution is 2.40. The van der Waals surface area contributed by atoms with E-state index >= 15 is 0 Å². The van der Waals surface area contributed by atoms with Gasteiger partial charge in [-0.1, -0.05) is 0 Å². The maximum atomic E-state index is 13.7. The topological polar surface area (TPSA) is 63.4 Å². The number of rotatable bonds is 2. The van der Waals surface area contributed by atoms with Crippen molar-refractivity contribution in [1.82, 2.24) is 4.31 Å². The molecule has 18 heavy (non-hydrogen) atoms. The summed E-state index contributed by atoms with van der Waals surface area (Å²) in [6.45, 7) is 0.515. The van der Waals surface area contributed by atoms with Gasteiger partial charge in [-0.3, -0.25) is 0 Å². The fourth-order valence-corrected chi connectivity index (χ4v) is 4.86. The van der Waals surface area contributed by atoms with Crippen LogP contribution < -0.4 is 5.73 Å². The first-order valence-electron chi connectivity index (χ1n) is 6.05. The normalized spacial score (nSPS) is 27.8. The highest BCUT2D eigenvalue weighted by molar-refractivity contribution is 7.89. The Morgan fingerprint density at radius 1 is 1.33 bits per heavy atom. The predicted octanol–water partition coefficient (Wildman–Crippen LogP) is 1.58. The summed E-state index contributed by atoms with van der Waals surface area (Å²) in [7, 11) is -3.74. The van der Waals surface area contributed by atoms with Crippen molar-refractivity contribution < 1.29 is 12.8 Å². The number of fused-ring (bicyclic) bond motifs is 2. The minimum atomic E-state index is -3.74. The number of piperidine rings is 1. The molecule has 2 fully saturated rings. The molecule has 4 nitrogen and oxygen atoms in total. The number of anilines is 1. The zero-order valence-corrected chi connectivity index (χ0v) is 10.7. The molecule has 1 aromatic carbocycles. The summed E-state index contributed by atoms with van der Waals surface area (Å²) in [4.78, 5) is -0.296. The average Bonchev–Trinajstić information content (AvgIpc) is 2.94. The van der Waals surface area contributed by atoms with E-state index < -0.39 is 15.8 Å². The van der Waals surface area contributed by atoms with E-state index in [-0.39, 0.29) is 16.6 Å². The minimum Gasteiger partial charge on any atom is -0.399 e. The lowest BCUT2D eigenvalue weighted by Crippen LogP contribution is -2.38. The third-order valence-electron chi connectivity index (χ3n) is 3.90. The number of nitrogen functional groups attached to an aromatic ring is 1. The zero-order valence-electron chi connectivity index (χ0n) is 9.84.